The van der Waals surface area contributed by atoms with Gasteiger partial charge in [0.1, 0.15) is 17.7 Å². The number of rotatable bonds is 13. The quantitative estimate of drug-likeness (QED) is 0.232. The molecule has 48 heavy (non-hydrogen) atoms. The maximum absolute atomic E-state index is 13.2. The highest BCUT2D eigenvalue weighted by molar-refractivity contribution is 7.97. The Morgan fingerprint density at radius 2 is 1.56 bits per heavy atom. The van der Waals surface area contributed by atoms with Crippen LogP contribution in [0.25, 0.3) is 0 Å². The fourth-order valence-electron chi connectivity index (χ4n) is 6.68. The van der Waals surface area contributed by atoms with E-state index >= 15 is 0 Å². The average molecular weight is 687 g/mol. The van der Waals surface area contributed by atoms with E-state index in [0.717, 1.165) is 18.4 Å². The van der Waals surface area contributed by atoms with E-state index in [0.29, 0.717) is 31.0 Å². The Labute approximate surface area is 289 Å². The van der Waals surface area contributed by atoms with Gasteiger partial charge < -0.3 is 30.9 Å². The first-order valence-corrected chi connectivity index (χ1v) is 18.2. The minimum Gasteiger partial charge on any atom is -0.444 e. The zero-order valence-corrected chi connectivity index (χ0v) is 30.0. The molecule has 0 bridgehead atoms. The molecule has 2 saturated heterocycles. The van der Waals surface area contributed by atoms with Gasteiger partial charge in [-0.25, -0.2) is 9.10 Å². The second kappa shape index (κ2) is 16.9. The third kappa shape index (κ3) is 11.4. The summed E-state index contributed by atoms with van der Waals surface area (Å²) < 4.78 is 7.88. The van der Waals surface area contributed by atoms with Crippen molar-refractivity contribution in [2.45, 2.75) is 103 Å². The summed E-state index contributed by atoms with van der Waals surface area (Å²) in [4.78, 5) is 66.5. The van der Waals surface area contributed by atoms with Gasteiger partial charge in [-0.05, 0) is 76.2 Å². The number of carbonyl (C=O) groups excluding carboxylic acids is 5. The summed E-state index contributed by atoms with van der Waals surface area (Å²) in [5.41, 5.74) is 0.416. The van der Waals surface area contributed by atoms with Gasteiger partial charge in [-0.3, -0.25) is 19.2 Å². The highest BCUT2D eigenvalue weighted by Gasteiger charge is 2.48. The average Bonchev–Trinajstić information content (AvgIpc) is 3.55. The number of nitrogens with zero attached hydrogens (tertiary/aromatic N) is 2. The van der Waals surface area contributed by atoms with Gasteiger partial charge in [-0.1, -0.05) is 56.1 Å². The highest BCUT2D eigenvalue weighted by atomic mass is 32.2. The van der Waals surface area contributed by atoms with E-state index in [9.17, 15) is 24.0 Å². The normalized spacial score (nSPS) is 19.2. The molecule has 3 fully saturated rings. The van der Waals surface area contributed by atoms with Crippen LogP contribution in [0.2, 0.25) is 0 Å². The number of alkyl carbamates (subject to hydrolysis) is 1. The number of hydrogen-bond acceptors (Lipinski definition) is 8. The summed E-state index contributed by atoms with van der Waals surface area (Å²) in [7, 11) is 0. The van der Waals surface area contributed by atoms with Gasteiger partial charge in [0.15, 0.2) is 0 Å². The summed E-state index contributed by atoms with van der Waals surface area (Å²) in [5.74, 6) is -0.370. The molecule has 2 aliphatic heterocycles. The lowest BCUT2D eigenvalue weighted by molar-refractivity contribution is -0.137. The Bertz CT molecular complexity index is 1270. The van der Waals surface area contributed by atoms with Crippen LogP contribution >= 0.6 is 11.9 Å². The lowest BCUT2D eigenvalue weighted by atomic mass is 9.60. The van der Waals surface area contributed by atoms with Crippen molar-refractivity contribution in [3.8, 4) is 0 Å². The Kier molecular flexibility index (Phi) is 13.2. The SMILES string of the molecule is CC(C)CC(NC(=O)CNC(=O)C(Cc1ccccc1)NC(=O)OC(C)(C)C)C(=O)NCC(=O)N1CCC2(CC1)CC(N1CCCS1)C2. The molecule has 2 atom stereocenters. The van der Waals surface area contributed by atoms with Crippen molar-refractivity contribution in [2.75, 3.05) is 38.5 Å². The van der Waals surface area contributed by atoms with Gasteiger partial charge in [-0.15, -0.1) is 0 Å². The smallest absolute Gasteiger partial charge is 0.408 e. The van der Waals surface area contributed by atoms with Crippen LogP contribution in [0.3, 0.4) is 0 Å². The molecule has 1 spiro atoms. The first-order valence-electron chi connectivity index (χ1n) is 17.3. The molecule has 1 aromatic rings. The number of nitrogens with one attached hydrogen (secondary N) is 4. The van der Waals surface area contributed by atoms with Crippen LogP contribution in [0.5, 0.6) is 0 Å². The van der Waals surface area contributed by atoms with Crippen LogP contribution in [0, 0.1) is 11.3 Å². The molecule has 2 heterocycles. The van der Waals surface area contributed by atoms with E-state index in [1.165, 1.54) is 31.6 Å². The van der Waals surface area contributed by atoms with Crippen molar-refractivity contribution in [1.29, 1.82) is 0 Å². The maximum atomic E-state index is 13.2. The molecular weight excluding hydrogens is 632 g/mol. The Morgan fingerprint density at radius 1 is 0.917 bits per heavy atom. The minimum absolute atomic E-state index is 0.0863. The molecule has 1 aromatic carbocycles. The molecular formula is C35H54N6O6S. The first kappa shape index (κ1) is 37.5. The van der Waals surface area contributed by atoms with Gasteiger partial charge in [0.05, 0.1) is 13.1 Å². The summed E-state index contributed by atoms with van der Waals surface area (Å²) >= 11 is 1.97. The fourth-order valence-corrected chi connectivity index (χ4v) is 7.79. The Morgan fingerprint density at radius 3 is 2.17 bits per heavy atom. The number of hydrogen-bond donors (Lipinski definition) is 4. The van der Waals surface area contributed by atoms with Gasteiger partial charge in [0, 0.05) is 37.8 Å². The molecule has 266 valence electrons. The fraction of sp³-hybridized carbons (Fsp3) is 0.686. The molecule has 4 N–H and O–H groups in total. The molecule has 0 aromatic heterocycles. The Hall–Kier alpha value is -3.32. The van der Waals surface area contributed by atoms with Gasteiger partial charge in [0.2, 0.25) is 23.6 Å². The predicted molar refractivity (Wildman–Crippen MR) is 186 cm³/mol. The zero-order valence-electron chi connectivity index (χ0n) is 29.1. The third-order valence-corrected chi connectivity index (χ3v) is 10.5. The van der Waals surface area contributed by atoms with Gasteiger partial charge in [-0.2, -0.15) is 0 Å². The third-order valence-electron chi connectivity index (χ3n) is 9.19. The van der Waals surface area contributed by atoms with E-state index in [2.05, 4.69) is 25.6 Å². The number of benzene rings is 1. The summed E-state index contributed by atoms with van der Waals surface area (Å²) in [5, 5.41) is 10.6. The van der Waals surface area contributed by atoms with E-state index in [-0.39, 0.29) is 24.8 Å². The Balaban J connectivity index is 1.23. The van der Waals surface area contributed by atoms with E-state index in [1.54, 1.807) is 20.8 Å². The van der Waals surface area contributed by atoms with Gasteiger partial charge >= 0.3 is 6.09 Å². The standard InChI is InChI=1S/C35H54N6O6S/c1-24(2)18-27(31(44)37-23-30(43)40-15-12-35(13-16-40)20-26(21-35)41-14-9-17-48-41)38-29(42)22-36-32(45)28(19-25-10-7-6-8-11-25)39-33(46)47-34(3,4)5/h6-8,10-11,24,26-28H,9,12-23H2,1-5H3,(H,36,45)(H,37,44)(H,38,42)(H,39,46). The number of carbonyl (C=O) groups is 5. The second-order valence-corrected chi connectivity index (χ2v) is 16.0. The topological polar surface area (TPSA) is 149 Å². The molecule has 1 aliphatic carbocycles. The number of likely N-dealkylation sites (tertiary alicyclic amines) is 1. The summed E-state index contributed by atoms with van der Waals surface area (Å²) in [6.45, 7) is 11.1. The van der Waals surface area contributed by atoms with Crippen molar-refractivity contribution in [3.63, 3.8) is 0 Å². The second-order valence-electron chi connectivity index (χ2n) is 14.8. The first-order chi connectivity index (χ1) is 22.7. The van der Waals surface area contributed by atoms with Crippen LogP contribution in [0.15, 0.2) is 30.3 Å². The predicted octanol–water partition coefficient (Wildman–Crippen LogP) is 3.01. The summed E-state index contributed by atoms with van der Waals surface area (Å²) in [6.07, 6.45) is 5.50. The molecule has 0 radical (unpaired) electrons. The van der Waals surface area contributed by atoms with Crippen molar-refractivity contribution < 1.29 is 28.7 Å². The lowest BCUT2D eigenvalue weighted by Crippen LogP contribution is -2.56. The van der Waals surface area contributed by atoms with Crippen LogP contribution in [-0.2, 0) is 30.3 Å². The van der Waals surface area contributed by atoms with Crippen molar-refractivity contribution in [1.82, 2.24) is 30.5 Å². The number of amides is 5. The van der Waals surface area contributed by atoms with Crippen molar-refractivity contribution in [2.24, 2.45) is 11.3 Å². The van der Waals surface area contributed by atoms with E-state index < -0.39 is 48.0 Å². The van der Waals surface area contributed by atoms with Crippen molar-refractivity contribution in [3.05, 3.63) is 35.9 Å². The van der Waals surface area contributed by atoms with Crippen LogP contribution in [-0.4, -0.2) is 101 Å². The summed E-state index contributed by atoms with van der Waals surface area (Å²) in [6, 6.07) is 8.00. The molecule has 2 unspecified atom stereocenters. The van der Waals surface area contributed by atoms with Crippen LogP contribution in [0.4, 0.5) is 4.79 Å². The lowest BCUT2D eigenvalue weighted by Gasteiger charge is -2.54. The molecule has 4 rings (SSSR count). The van der Waals surface area contributed by atoms with Crippen LogP contribution in [0.1, 0.15) is 78.7 Å². The highest BCUT2D eigenvalue weighted by Crippen LogP contribution is 2.52. The molecule has 12 nitrogen and oxygen atoms in total. The van der Waals surface area contributed by atoms with Crippen LogP contribution < -0.4 is 21.3 Å². The largest absolute Gasteiger partial charge is 0.444 e. The maximum Gasteiger partial charge on any atom is 0.408 e. The number of ether oxygens (including phenoxy) is 1. The minimum atomic E-state index is -0.990. The number of piperidine rings is 1. The van der Waals surface area contributed by atoms with Gasteiger partial charge in [0.25, 0.3) is 0 Å². The monoisotopic (exact) mass is 686 g/mol. The van der Waals surface area contributed by atoms with E-state index in [4.69, 9.17) is 4.74 Å². The molecule has 3 aliphatic rings. The molecule has 1 saturated carbocycles. The van der Waals surface area contributed by atoms with Crippen molar-refractivity contribution >= 4 is 41.7 Å². The molecule has 5 amide bonds. The van der Waals surface area contributed by atoms with E-state index in [1.807, 2.05) is 61.0 Å². The molecule has 13 heteroatoms. The zero-order chi connectivity index (χ0) is 34.9.